The van der Waals surface area contributed by atoms with Gasteiger partial charge in [0.2, 0.25) is 5.95 Å². The largest absolute Gasteiger partial charge is 0.369 e. The Morgan fingerprint density at radius 3 is 2.69 bits per heavy atom. The van der Waals surface area contributed by atoms with E-state index in [2.05, 4.69) is 10.1 Å². The minimum atomic E-state index is -2.46. The third kappa shape index (κ3) is 1.52. The molecule has 0 aliphatic heterocycles. The third-order valence-corrected chi connectivity index (χ3v) is 2.45. The molecule has 0 atom stereocenters. The van der Waals surface area contributed by atoms with E-state index < -0.39 is 13.0 Å². The first-order valence-corrected chi connectivity index (χ1v) is 5.01. The van der Waals surface area contributed by atoms with E-state index in [1.165, 1.54) is 4.57 Å². The number of rotatable bonds is 3. The first kappa shape index (κ1) is 10.8. The van der Waals surface area contributed by atoms with Crippen LogP contribution in [-0.2, 0) is 13.1 Å². The molecular weight excluding hydrogens is 216 g/mol. The molecule has 0 aromatic carbocycles. The average molecular weight is 229 g/mol. The predicted molar refractivity (Wildman–Crippen MR) is 56.3 cm³/mol. The molecule has 7 heteroatoms. The van der Waals surface area contributed by atoms with Gasteiger partial charge in [-0.25, -0.2) is 18.4 Å². The molecule has 0 saturated carbocycles. The van der Waals surface area contributed by atoms with Crippen molar-refractivity contribution >= 4 is 17.1 Å². The molecule has 0 bridgehead atoms. The van der Waals surface area contributed by atoms with Crippen LogP contribution in [0.2, 0.25) is 0 Å². The fraction of sp³-hybridized carbons (Fsp3) is 0.556. The van der Waals surface area contributed by atoms with Crippen LogP contribution in [0, 0.1) is 6.92 Å². The number of aryl methyl sites for hydroxylation is 2. The predicted octanol–water partition coefficient (Wildman–Crippen LogP) is 1.41. The molecule has 0 amide bonds. The van der Waals surface area contributed by atoms with E-state index in [1.54, 1.807) is 11.6 Å². The van der Waals surface area contributed by atoms with Gasteiger partial charge in [-0.1, -0.05) is 0 Å². The number of nitrogen functional groups attached to an aromatic ring is 1. The lowest BCUT2D eigenvalue weighted by molar-refractivity contribution is 0.128. The molecule has 0 aliphatic rings. The van der Waals surface area contributed by atoms with Crippen LogP contribution in [0.1, 0.15) is 12.6 Å². The Morgan fingerprint density at radius 1 is 1.44 bits per heavy atom. The lowest BCUT2D eigenvalue weighted by atomic mass is 10.4. The zero-order chi connectivity index (χ0) is 11.9. The number of fused-ring (bicyclic) bond motifs is 1. The van der Waals surface area contributed by atoms with Crippen LogP contribution in [-0.4, -0.2) is 25.8 Å². The van der Waals surface area contributed by atoms with Gasteiger partial charge in [0.25, 0.3) is 6.43 Å². The summed E-state index contributed by atoms with van der Waals surface area (Å²) in [6.45, 7) is 3.82. The van der Waals surface area contributed by atoms with Crippen molar-refractivity contribution in [2.45, 2.75) is 33.4 Å². The van der Waals surface area contributed by atoms with Gasteiger partial charge in [0.15, 0.2) is 5.65 Å². The molecule has 0 saturated heterocycles. The fourth-order valence-corrected chi connectivity index (χ4v) is 1.78. The maximum absolute atomic E-state index is 12.4. The maximum Gasteiger partial charge on any atom is 0.256 e. The normalized spacial score (nSPS) is 11.8. The summed E-state index contributed by atoms with van der Waals surface area (Å²) in [6, 6.07) is 0. The van der Waals surface area contributed by atoms with Crippen LogP contribution < -0.4 is 5.73 Å². The van der Waals surface area contributed by atoms with Gasteiger partial charge >= 0.3 is 0 Å². The molecule has 0 fully saturated rings. The molecule has 0 spiro atoms. The van der Waals surface area contributed by atoms with Crippen molar-refractivity contribution < 1.29 is 8.78 Å². The smallest absolute Gasteiger partial charge is 0.256 e. The Kier molecular flexibility index (Phi) is 2.53. The van der Waals surface area contributed by atoms with Crippen molar-refractivity contribution in [3.8, 4) is 0 Å². The summed E-state index contributed by atoms with van der Waals surface area (Å²) in [5, 5.41) is 4.21. The van der Waals surface area contributed by atoms with Crippen LogP contribution >= 0.6 is 0 Å². The van der Waals surface area contributed by atoms with Crippen LogP contribution in [0.5, 0.6) is 0 Å². The minimum absolute atomic E-state index is 0.109. The second kappa shape index (κ2) is 3.73. The number of anilines is 1. The number of halogens is 2. The van der Waals surface area contributed by atoms with E-state index >= 15 is 0 Å². The average Bonchev–Trinajstić information content (AvgIpc) is 2.67. The molecule has 0 aliphatic carbocycles. The molecule has 88 valence electrons. The topological polar surface area (TPSA) is 61.7 Å². The van der Waals surface area contributed by atoms with Crippen LogP contribution in [0.3, 0.4) is 0 Å². The lowest BCUT2D eigenvalue weighted by Gasteiger charge is -2.06. The van der Waals surface area contributed by atoms with E-state index in [9.17, 15) is 8.78 Å². The highest BCUT2D eigenvalue weighted by Crippen LogP contribution is 2.21. The van der Waals surface area contributed by atoms with Crippen LogP contribution in [0.15, 0.2) is 0 Å². The van der Waals surface area contributed by atoms with Crippen molar-refractivity contribution in [2.24, 2.45) is 0 Å². The summed E-state index contributed by atoms with van der Waals surface area (Å²) in [4.78, 5) is 4.06. The quantitative estimate of drug-likeness (QED) is 0.865. The Hall–Kier alpha value is -1.66. The minimum Gasteiger partial charge on any atom is -0.369 e. The maximum atomic E-state index is 12.4. The van der Waals surface area contributed by atoms with E-state index in [4.69, 9.17) is 5.73 Å². The number of hydrogen-bond donors (Lipinski definition) is 1. The van der Waals surface area contributed by atoms with Gasteiger partial charge in [-0.15, -0.1) is 0 Å². The SMILES string of the molecule is CCn1nc(C)c2nc(N)n(CC(F)F)c21. The Morgan fingerprint density at radius 2 is 2.12 bits per heavy atom. The number of aromatic nitrogens is 4. The van der Waals surface area contributed by atoms with Crippen LogP contribution in [0.25, 0.3) is 11.2 Å². The summed E-state index contributed by atoms with van der Waals surface area (Å²) in [6.07, 6.45) is -2.46. The first-order chi connectivity index (χ1) is 7.54. The summed E-state index contributed by atoms with van der Waals surface area (Å²) in [5.74, 6) is 0.109. The molecule has 0 unspecified atom stereocenters. The van der Waals surface area contributed by atoms with Gasteiger partial charge in [-0.2, -0.15) is 5.10 Å². The molecular formula is C9H13F2N5. The zero-order valence-electron chi connectivity index (χ0n) is 9.11. The Labute approximate surface area is 90.9 Å². The number of nitrogens with zero attached hydrogens (tertiary/aromatic N) is 4. The molecule has 0 radical (unpaired) electrons. The molecule has 2 rings (SSSR count). The van der Waals surface area contributed by atoms with Gasteiger partial charge in [-0.3, -0.25) is 4.57 Å². The molecule has 2 aromatic rings. The molecule has 2 N–H and O–H groups in total. The lowest BCUT2D eigenvalue weighted by Crippen LogP contribution is -2.12. The van der Waals surface area contributed by atoms with Gasteiger partial charge < -0.3 is 5.73 Å². The standard InChI is InChI=1S/C9H13F2N5/c1-3-16-8-7(5(2)14-16)13-9(12)15(8)4-6(10)11/h6H,3-4H2,1-2H3,(H2,12,13). The van der Waals surface area contributed by atoms with Crippen molar-refractivity contribution in [1.29, 1.82) is 0 Å². The number of imidazole rings is 1. The highest BCUT2D eigenvalue weighted by Gasteiger charge is 2.18. The van der Waals surface area contributed by atoms with E-state index in [0.29, 0.717) is 23.4 Å². The Balaban J connectivity index is 2.65. The highest BCUT2D eigenvalue weighted by molar-refractivity contribution is 5.77. The van der Waals surface area contributed by atoms with E-state index in [0.717, 1.165) is 0 Å². The van der Waals surface area contributed by atoms with E-state index in [1.807, 2.05) is 6.92 Å². The van der Waals surface area contributed by atoms with Gasteiger partial charge in [0.1, 0.15) is 5.52 Å². The number of alkyl halides is 2. The monoisotopic (exact) mass is 229 g/mol. The van der Waals surface area contributed by atoms with Crippen molar-refractivity contribution in [3.05, 3.63) is 5.69 Å². The van der Waals surface area contributed by atoms with E-state index in [-0.39, 0.29) is 5.95 Å². The first-order valence-electron chi connectivity index (χ1n) is 5.01. The van der Waals surface area contributed by atoms with Crippen molar-refractivity contribution in [1.82, 2.24) is 19.3 Å². The summed E-state index contributed by atoms with van der Waals surface area (Å²) < 4.78 is 27.8. The molecule has 2 heterocycles. The number of hydrogen-bond acceptors (Lipinski definition) is 3. The van der Waals surface area contributed by atoms with Gasteiger partial charge in [0.05, 0.1) is 12.2 Å². The molecule has 5 nitrogen and oxygen atoms in total. The highest BCUT2D eigenvalue weighted by atomic mass is 19.3. The summed E-state index contributed by atoms with van der Waals surface area (Å²) >= 11 is 0. The second-order valence-electron chi connectivity index (χ2n) is 3.55. The summed E-state index contributed by atoms with van der Waals surface area (Å²) in [5.41, 5.74) is 7.49. The second-order valence-corrected chi connectivity index (χ2v) is 3.55. The third-order valence-electron chi connectivity index (χ3n) is 2.45. The number of nitrogens with two attached hydrogens (primary N) is 1. The zero-order valence-corrected chi connectivity index (χ0v) is 9.11. The van der Waals surface area contributed by atoms with Gasteiger partial charge in [0, 0.05) is 6.54 Å². The van der Waals surface area contributed by atoms with Crippen LogP contribution in [0.4, 0.5) is 14.7 Å². The fourth-order valence-electron chi connectivity index (χ4n) is 1.78. The van der Waals surface area contributed by atoms with Gasteiger partial charge in [-0.05, 0) is 13.8 Å². The van der Waals surface area contributed by atoms with Crippen molar-refractivity contribution in [3.63, 3.8) is 0 Å². The Bertz CT molecular complexity index is 513. The summed E-state index contributed by atoms with van der Waals surface area (Å²) in [7, 11) is 0. The molecule has 16 heavy (non-hydrogen) atoms. The van der Waals surface area contributed by atoms with Crippen molar-refractivity contribution in [2.75, 3.05) is 5.73 Å². The molecule has 2 aromatic heterocycles.